The predicted octanol–water partition coefficient (Wildman–Crippen LogP) is 2.22. The molecular formula is C14H19N3O. The second-order valence-electron chi connectivity index (χ2n) is 4.30. The Kier molecular flexibility index (Phi) is 3.99. The highest BCUT2D eigenvalue weighted by Crippen LogP contribution is 2.14. The van der Waals surface area contributed by atoms with Gasteiger partial charge in [-0.15, -0.1) is 0 Å². The molecule has 1 N–H and O–H groups in total. The minimum Gasteiger partial charge on any atom is -0.481 e. The Hall–Kier alpha value is -1.81. The van der Waals surface area contributed by atoms with Crippen molar-refractivity contribution in [3.8, 4) is 5.88 Å². The van der Waals surface area contributed by atoms with Crippen molar-refractivity contribution < 1.29 is 4.74 Å². The molecule has 2 aromatic heterocycles. The van der Waals surface area contributed by atoms with Gasteiger partial charge in [0.1, 0.15) is 0 Å². The van der Waals surface area contributed by atoms with Crippen LogP contribution in [0.2, 0.25) is 0 Å². The molecule has 0 fully saturated rings. The van der Waals surface area contributed by atoms with Gasteiger partial charge in [-0.25, -0.2) is 4.98 Å². The van der Waals surface area contributed by atoms with Crippen LogP contribution in [0.3, 0.4) is 0 Å². The minimum atomic E-state index is 0.365. The Morgan fingerprint density at radius 2 is 2.22 bits per heavy atom. The maximum absolute atomic E-state index is 5.12. The number of rotatable bonds is 5. The van der Waals surface area contributed by atoms with Crippen molar-refractivity contribution in [1.29, 1.82) is 0 Å². The number of nitrogens with zero attached hydrogens (tertiary/aromatic N) is 2. The molecule has 4 heteroatoms. The van der Waals surface area contributed by atoms with Gasteiger partial charge in [0, 0.05) is 24.5 Å². The van der Waals surface area contributed by atoms with E-state index in [-0.39, 0.29) is 0 Å². The van der Waals surface area contributed by atoms with E-state index >= 15 is 0 Å². The van der Waals surface area contributed by atoms with Crippen LogP contribution in [-0.2, 0) is 6.54 Å². The van der Waals surface area contributed by atoms with Gasteiger partial charge in [-0.3, -0.25) is 0 Å². The summed E-state index contributed by atoms with van der Waals surface area (Å²) in [5.74, 6) is 0.656. The molecule has 1 atom stereocenters. The molecular weight excluding hydrogens is 226 g/mol. The number of aromatic nitrogens is 2. The first-order valence-electron chi connectivity index (χ1n) is 6.06. The second-order valence-corrected chi connectivity index (χ2v) is 4.30. The molecule has 0 saturated carbocycles. The largest absolute Gasteiger partial charge is 0.481 e. The average molecular weight is 245 g/mol. The zero-order valence-electron chi connectivity index (χ0n) is 11.1. The van der Waals surface area contributed by atoms with Crippen LogP contribution in [0.1, 0.15) is 24.2 Å². The van der Waals surface area contributed by atoms with E-state index in [9.17, 15) is 0 Å². The lowest BCUT2D eigenvalue weighted by atomic mass is 10.2. The van der Waals surface area contributed by atoms with Gasteiger partial charge in [0.05, 0.1) is 19.3 Å². The number of nitrogens with one attached hydrogen (secondary N) is 1. The summed E-state index contributed by atoms with van der Waals surface area (Å²) >= 11 is 0. The molecule has 0 aliphatic carbocycles. The number of pyridine rings is 1. The van der Waals surface area contributed by atoms with Crippen molar-refractivity contribution in [2.24, 2.45) is 0 Å². The van der Waals surface area contributed by atoms with Crippen LogP contribution in [0.5, 0.6) is 5.88 Å². The van der Waals surface area contributed by atoms with Crippen LogP contribution in [-0.4, -0.2) is 23.7 Å². The zero-order chi connectivity index (χ0) is 13.0. The van der Waals surface area contributed by atoms with Crippen molar-refractivity contribution in [1.82, 2.24) is 14.9 Å². The molecule has 1 unspecified atom stereocenters. The highest BCUT2D eigenvalue weighted by molar-refractivity contribution is 5.18. The van der Waals surface area contributed by atoms with E-state index in [0.717, 1.165) is 12.2 Å². The van der Waals surface area contributed by atoms with Gasteiger partial charge in [0.2, 0.25) is 5.88 Å². The predicted molar refractivity (Wildman–Crippen MR) is 71.8 cm³/mol. The molecule has 0 aromatic carbocycles. The Labute approximate surface area is 108 Å². The summed E-state index contributed by atoms with van der Waals surface area (Å²) in [5, 5.41) is 3.23. The summed E-state index contributed by atoms with van der Waals surface area (Å²) < 4.78 is 7.25. The van der Waals surface area contributed by atoms with E-state index < -0.39 is 0 Å². The number of methoxy groups -OCH3 is 1. The topological polar surface area (TPSA) is 39.1 Å². The lowest BCUT2D eigenvalue weighted by Crippen LogP contribution is -2.11. The Bertz CT molecular complexity index is 507. The molecule has 96 valence electrons. The quantitative estimate of drug-likeness (QED) is 0.878. The van der Waals surface area contributed by atoms with Crippen LogP contribution < -0.4 is 10.1 Å². The lowest BCUT2D eigenvalue weighted by Gasteiger charge is -2.07. The van der Waals surface area contributed by atoms with Crippen LogP contribution in [0.4, 0.5) is 0 Å². The first kappa shape index (κ1) is 12.6. The maximum atomic E-state index is 5.12. The third-order valence-electron chi connectivity index (χ3n) is 3.04. The van der Waals surface area contributed by atoms with Crippen molar-refractivity contribution in [3.63, 3.8) is 0 Å². The Balaban J connectivity index is 2.11. The average Bonchev–Trinajstić information content (AvgIpc) is 2.86. The molecule has 4 nitrogen and oxygen atoms in total. The molecule has 0 amide bonds. The van der Waals surface area contributed by atoms with Gasteiger partial charge in [-0.05, 0) is 31.7 Å². The molecule has 0 radical (unpaired) electrons. The molecule has 2 rings (SSSR count). The van der Waals surface area contributed by atoms with Crippen LogP contribution in [0.25, 0.3) is 0 Å². The van der Waals surface area contributed by atoms with E-state index in [1.807, 2.05) is 25.2 Å². The molecule has 18 heavy (non-hydrogen) atoms. The monoisotopic (exact) mass is 245 g/mol. The molecule has 0 spiro atoms. The molecule has 0 saturated heterocycles. The molecule has 2 aromatic rings. The Morgan fingerprint density at radius 3 is 2.94 bits per heavy atom. The van der Waals surface area contributed by atoms with Crippen molar-refractivity contribution in [2.75, 3.05) is 14.2 Å². The normalized spacial score (nSPS) is 12.4. The van der Waals surface area contributed by atoms with E-state index in [1.54, 1.807) is 7.11 Å². The van der Waals surface area contributed by atoms with Gasteiger partial charge in [0.25, 0.3) is 0 Å². The van der Waals surface area contributed by atoms with E-state index in [1.165, 1.54) is 5.56 Å². The van der Waals surface area contributed by atoms with Crippen LogP contribution in [0.15, 0.2) is 36.7 Å². The standard InChI is InChI=1S/C14H19N3O/c1-11(15-2)12-7-8-17(9-12)10-13-5-4-6-14(16-13)18-3/h4-9,11,15H,10H2,1-3H3. The summed E-state index contributed by atoms with van der Waals surface area (Å²) in [4.78, 5) is 4.40. The summed E-state index contributed by atoms with van der Waals surface area (Å²) in [7, 11) is 3.60. The maximum Gasteiger partial charge on any atom is 0.213 e. The summed E-state index contributed by atoms with van der Waals surface area (Å²) in [6.07, 6.45) is 4.21. The van der Waals surface area contributed by atoms with E-state index in [4.69, 9.17) is 4.74 Å². The fourth-order valence-corrected chi connectivity index (χ4v) is 1.83. The Morgan fingerprint density at radius 1 is 1.39 bits per heavy atom. The minimum absolute atomic E-state index is 0.365. The zero-order valence-corrected chi connectivity index (χ0v) is 11.1. The number of hydrogen-bond acceptors (Lipinski definition) is 3. The van der Waals surface area contributed by atoms with Crippen molar-refractivity contribution in [2.45, 2.75) is 19.5 Å². The van der Waals surface area contributed by atoms with Crippen molar-refractivity contribution >= 4 is 0 Å². The van der Waals surface area contributed by atoms with Gasteiger partial charge in [-0.1, -0.05) is 6.07 Å². The second kappa shape index (κ2) is 5.69. The first-order valence-corrected chi connectivity index (χ1v) is 6.06. The molecule has 0 bridgehead atoms. The fourth-order valence-electron chi connectivity index (χ4n) is 1.83. The molecule has 2 heterocycles. The third kappa shape index (κ3) is 2.90. The number of ether oxygens (including phenoxy) is 1. The lowest BCUT2D eigenvalue weighted by molar-refractivity contribution is 0.396. The van der Waals surface area contributed by atoms with Gasteiger partial charge in [-0.2, -0.15) is 0 Å². The summed E-state index contributed by atoms with van der Waals surface area (Å²) in [5.41, 5.74) is 2.27. The van der Waals surface area contributed by atoms with Crippen LogP contribution >= 0.6 is 0 Å². The van der Waals surface area contributed by atoms with Crippen LogP contribution in [0, 0.1) is 0 Å². The highest BCUT2D eigenvalue weighted by Gasteiger charge is 2.05. The smallest absolute Gasteiger partial charge is 0.213 e. The molecule has 0 aliphatic rings. The van der Waals surface area contributed by atoms with Gasteiger partial charge < -0.3 is 14.6 Å². The van der Waals surface area contributed by atoms with Gasteiger partial charge in [0.15, 0.2) is 0 Å². The summed E-state index contributed by atoms with van der Waals surface area (Å²) in [6.45, 7) is 2.90. The summed E-state index contributed by atoms with van der Waals surface area (Å²) in [6, 6.07) is 8.31. The van der Waals surface area contributed by atoms with E-state index in [2.05, 4.69) is 40.3 Å². The fraction of sp³-hybridized carbons (Fsp3) is 0.357. The SMILES string of the molecule is CNC(C)c1ccn(Cc2cccc(OC)n2)c1. The van der Waals surface area contributed by atoms with Crippen molar-refractivity contribution in [3.05, 3.63) is 47.9 Å². The molecule has 0 aliphatic heterocycles. The first-order chi connectivity index (χ1) is 8.72. The number of hydrogen-bond donors (Lipinski definition) is 1. The highest BCUT2D eigenvalue weighted by atomic mass is 16.5. The third-order valence-corrected chi connectivity index (χ3v) is 3.04. The van der Waals surface area contributed by atoms with E-state index in [0.29, 0.717) is 11.9 Å². The van der Waals surface area contributed by atoms with Gasteiger partial charge >= 0.3 is 0 Å².